The number of rotatable bonds is 9. The van der Waals surface area contributed by atoms with Crippen molar-refractivity contribution in [2.75, 3.05) is 0 Å². The lowest BCUT2D eigenvalue weighted by Gasteiger charge is -2.22. The van der Waals surface area contributed by atoms with Crippen molar-refractivity contribution >= 4 is 23.8 Å². The molecule has 0 rings (SSSR count). The molecule has 0 aliphatic rings. The van der Waals surface area contributed by atoms with Crippen molar-refractivity contribution in [3.8, 4) is 0 Å². The third kappa shape index (κ3) is 7.02. The molecule has 0 aromatic heterocycles. The topological polar surface area (TPSA) is 156 Å². The van der Waals surface area contributed by atoms with Crippen LogP contribution in [0, 0.1) is 5.92 Å². The fourth-order valence-corrected chi connectivity index (χ4v) is 1.45. The minimum Gasteiger partial charge on any atom is -0.480 e. The zero-order valence-electron chi connectivity index (χ0n) is 12.7. The van der Waals surface area contributed by atoms with Gasteiger partial charge in [0, 0.05) is 6.42 Å². The van der Waals surface area contributed by atoms with Crippen molar-refractivity contribution in [1.29, 1.82) is 0 Å². The Kier molecular flexibility index (Phi) is 8.10. The highest BCUT2D eigenvalue weighted by atomic mass is 16.6. The molecule has 0 unspecified atom stereocenters. The Morgan fingerprint density at radius 2 is 1.64 bits per heavy atom. The van der Waals surface area contributed by atoms with Crippen LogP contribution >= 0.6 is 0 Å². The van der Waals surface area contributed by atoms with Crippen molar-refractivity contribution in [1.82, 2.24) is 5.32 Å². The number of carbonyl (C=O) groups excluding carboxylic acids is 2. The lowest BCUT2D eigenvalue weighted by Crippen LogP contribution is -2.47. The molecule has 9 heteroatoms. The molecular formula is C13H22N2O7. The van der Waals surface area contributed by atoms with Crippen molar-refractivity contribution in [2.24, 2.45) is 11.7 Å². The smallest absolute Gasteiger partial charge is 0.344 e. The molecule has 0 heterocycles. The molecule has 0 aliphatic carbocycles. The second-order valence-corrected chi connectivity index (χ2v) is 5.19. The lowest BCUT2D eigenvalue weighted by molar-refractivity contribution is -0.165. The standard InChI is InChI=1S/C13H22N2O7/c1-6(2)10(13(21)22-7(3)11(17)18)15-9(16)5-4-8(14)12(19)20/h6-8,10H,4-5,14H2,1-3H3,(H,15,16)(H,17,18)(H,19,20)/t7-,8-,10-/m0/s1. The number of esters is 1. The summed E-state index contributed by atoms with van der Waals surface area (Å²) < 4.78 is 4.73. The summed E-state index contributed by atoms with van der Waals surface area (Å²) in [4.78, 5) is 44.8. The highest BCUT2D eigenvalue weighted by Gasteiger charge is 2.29. The summed E-state index contributed by atoms with van der Waals surface area (Å²) in [6, 6.07) is -2.18. The molecule has 0 spiro atoms. The molecule has 5 N–H and O–H groups in total. The van der Waals surface area contributed by atoms with Gasteiger partial charge in [-0.25, -0.2) is 9.59 Å². The number of nitrogens with two attached hydrogens (primary N) is 1. The van der Waals surface area contributed by atoms with Crippen molar-refractivity contribution in [3.05, 3.63) is 0 Å². The van der Waals surface area contributed by atoms with Crippen molar-refractivity contribution < 1.29 is 34.1 Å². The molecular weight excluding hydrogens is 296 g/mol. The number of amides is 1. The molecule has 126 valence electrons. The Morgan fingerprint density at radius 3 is 2.05 bits per heavy atom. The maximum absolute atomic E-state index is 11.9. The fraction of sp³-hybridized carbons (Fsp3) is 0.692. The SMILES string of the molecule is CC(C)[C@H](NC(=O)CC[C@H](N)C(=O)O)C(=O)O[C@@H](C)C(=O)O. The minimum absolute atomic E-state index is 0.0768. The first-order chi connectivity index (χ1) is 10.1. The molecule has 0 fully saturated rings. The van der Waals surface area contributed by atoms with Gasteiger partial charge in [-0.2, -0.15) is 0 Å². The van der Waals surface area contributed by atoms with E-state index >= 15 is 0 Å². The van der Waals surface area contributed by atoms with Gasteiger partial charge in [-0.1, -0.05) is 13.8 Å². The Balaban J connectivity index is 4.58. The number of carboxylic acid groups (broad SMARTS) is 2. The number of hydrogen-bond donors (Lipinski definition) is 4. The van der Waals surface area contributed by atoms with Gasteiger partial charge in [0.05, 0.1) is 0 Å². The van der Waals surface area contributed by atoms with Gasteiger partial charge < -0.3 is 26.0 Å². The molecule has 0 bridgehead atoms. The van der Waals surface area contributed by atoms with Crippen LogP contribution in [0.25, 0.3) is 0 Å². The molecule has 22 heavy (non-hydrogen) atoms. The van der Waals surface area contributed by atoms with E-state index in [-0.39, 0.29) is 18.8 Å². The van der Waals surface area contributed by atoms with Crippen LogP contribution in [0.1, 0.15) is 33.6 Å². The van der Waals surface area contributed by atoms with E-state index in [2.05, 4.69) is 5.32 Å². The van der Waals surface area contributed by atoms with Crippen molar-refractivity contribution in [3.63, 3.8) is 0 Å². The number of carbonyl (C=O) groups is 4. The molecule has 1 amide bonds. The third-order valence-corrected chi connectivity index (χ3v) is 2.88. The molecule has 0 radical (unpaired) electrons. The monoisotopic (exact) mass is 318 g/mol. The Bertz CT molecular complexity index is 436. The van der Waals surface area contributed by atoms with E-state index in [1.807, 2.05) is 0 Å². The maximum atomic E-state index is 11.9. The number of aliphatic carboxylic acids is 2. The van der Waals surface area contributed by atoms with Gasteiger partial charge in [0.25, 0.3) is 0 Å². The van der Waals surface area contributed by atoms with Gasteiger partial charge >= 0.3 is 17.9 Å². The summed E-state index contributed by atoms with van der Waals surface area (Å²) in [5.74, 6) is -4.26. The second kappa shape index (κ2) is 8.98. The van der Waals surface area contributed by atoms with E-state index < -0.39 is 42.0 Å². The molecule has 3 atom stereocenters. The van der Waals surface area contributed by atoms with Crippen LogP contribution in [-0.4, -0.2) is 52.2 Å². The predicted octanol–water partition coefficient (Wildman–Crippen LogP) is -0.664. The van der Waals surface area contributed by atoms with Gasteiger partial charge in [0.15, 0.2) is 6.10 Å². The van der Waals surface area contributed by atoms with E-state index in [0.29, 0.717) is 0 Å². The molecule has 0 aromatic rings. The molecule has 0 saturated heterocycles. The van der Waals surface area contributed by atoms with Gasteiger partial charge in [-0.15, -0.1) is 0 Å². The Morgan fingerprint density at radius 1 is 1.09 bits per heavy atom. The summed E-state index contributed by atoms with van der Waals surface area (Å²) in [6.07, 6.45) is -1.57. The Hall–Kier alpha value is -2.16. The number of nitrogens with one attached hydrogen (secondary N) is 1. The van der Waals surface area contributed by atoms with Crippen LogP contribution in [0.2, 0.25) is 0 Å². The fourth-order valence-electron chi connectivity index (χ4n) is 1.45. The summed E-state index contributed by atoms with van der Waals surface area (Å²) in [5, 5.41) is 19.7. The first kappa shape index (κ1) is 19.8. The highest BCUT2D eigenvalue weighted by Crippen LogP contribution is 2.07. The zero-order chi connectivity index (χ0) is 17.4. The van der Waals surface area contributed by atoms with E-state index in [9.17, 15) is 19.2 Å². The summed E-state index contributed by atoms with van der Waals surface area (Å²) in [5.41, 5.74) is 5.28. The van der Waals surface area contributed by atoms with Crippen molar-refractivity contribution in [2.45, 2.75) is 51.8 Å². The number of hydrogen-bond acceptors (Lipinski definition) is 6. The zero-order valence-corrected chi connectivity index (χ0v) is 12.7. The van der Waals surface area contributed by atoms with Gasteiger partial charge in [-0.05, 0) is 19.3 Å². The third-order valence-electron chi connectivity index (χ3n) is 2.88. The number of ether oxygens (including phenoxy) is 1. The van der Waals surface area contributed by atoms with Crippen LogP contribution in [0.15, 0.2) is 0 Å². The maximum Gasteiger partial charge on any atom is 0.344 e. The quantitative estimate of drug-likeness (QED) is 0.408. The summed E-state index contributed by atoms with van der Waals surface area (Å²) >= 11 is 0. The molecule has 9 nitrogen and oxygen atoms in total. The highest BCUT2D eigenvalue weighted by molar-refractivity contribution is 5.86. The summed E-state index contributed by atoms with van der Waals surface area (Å²) in [6.45, 7) is 4.51. The predicted molar refractivity (Wildman–Crippen MR) is 74.8 cm³/mol. The average Bonchev–Trinajstić information content (AvgIpc) is 2.40. The lowest BCUT2D eigenvalue weighted by atomic mass is 10.0. The van der Waals surface area contributed by atoms with E-state index in [4.69, 9.17) is 20.7 Å². The van der Waals surface area contributed by atoms with E-state index in [1.165, 1.54) is 6.92 Å². The van der Waals surface area contributed by atoms with Crippen LogP contribution < -0.4 is 11.1 Å². The number of carboxylic acids is 2. The van der Waals surface area contributed by atoms with E-state index in [0.717, 1.165) is 0 Å². The van der Waals surface area contributed by atoms with Gasteiger partial charge in [0.1, 0.15) is 12.1 Å². The normalized spacial score (nSPS) is 14.8. The first-order valence-electron chi connectivity index (χ1n) is 6.77. The summed E-state index contributed by atoms with van der Waals surface area (Å²) in [7, 11) is 0. The molecule has 0 aliphatic heterocycles. The van der Waals surface area contributed by atoms with E-state index in [1.54, 1.807) is 13.8 Å². The molecule has 0 saturated carbocycles. The van der Waals surface area contributed by atoms with Crippen LogP contribution in [0.5, 0.6) is 0 Å². The van der Waals surface area contributed by atoms with Gasteiger partial charge in [-0.3, -0.25) is 9.59 Å². The van der Waals surface area contributed by atoms with Crippen LogP contribution in [-0.2, 0) is 23.9 Å². The minimum atomic E-state index is -1.33. The van der Waals surface area contributed by atoms with Crippen LogP contribution in [0.3, 0.4) is 0 Å². The first-order valence-corrected chi connectivity index (χ1v) is 6.77. The largest absolute Gasteiger partial charge is 0.480 e. The van der Waals surface area contributed by atoms with Gasteiger partial charge in [0.2, 0.25) is 5.91 Å². The second-order valence-electron chi connectivity index (χ2n) is 5.19. The Labute approximate surface area is 127 Å². The average molecular weight is 318 g/mol. The van der Waals surface area contributed by atoms with Crippen LogP contribution in [0.4, 0.5) is 0 Å². The molecule has 0 aromatic carbocycles.